The van der Waals surface area contributed by atoms with E-state index in [9.17, 15) is 14.3 Å². The van der Waals surface area contributed by atoms with Gasteiger partial charge in [0.15, 0.2) is 5.78 Å². The summed E-state index contributed by atoms with van der Waals surface area (Å²) in [5.74, 6) is -0.345. The number of nitrogens with zero attached hydrogens (tertiary/aromatic N) is 1. The van der Waals surface area contributed by atoms with Crippen molar-refractivity contribution < 1.29 is 19.0 Å². The molecule has 0 aliphatic carbocycles. The van der Waals surface area contributed by atoms with Crippen LogP contribution in [0.4, 0.5) is 4.39 Å². The summed E-state index contributed by atoms with van der Waals surface area (Å²) in [6.07, 6.45) is 0. The van der Waals surface area contributed by atoms with Gasteiger partial charge in [-0.3, -0.25) is 9.69 Å². The van der Waals surface area contributed by atoms with Crippen LogP contribution in [0.5, 0.6) is 5.75 Å². The molecule has 112 valence electrons. The number of benzene rings is 1. The van der Waals surface area contributed by atoms with E-state index in [2.05, 4.69) is 0 Å². The normalized spacial score (nSPS) is 11.8. The lowest BCUT2D eigenvalue weighted by molar-refractivity contribution is 0.0375. The zero-order valence-corrected chi connectivity index (χ0v) is 12.4. The third-order valence-electron chi connectivity index (χ3n) is 2.89. The molecule has 0 amide bonds. The molecule has 0 unspecified atom stereocenters. The highest BCUT2D eigenvalue weighted by Crippen LogP contribution is 2.20. The van der Waals surface area contributed by atoms with E-state index in [4.69, 9.17) is 4.74 Å². The molecule has 4 nitrogen and oxygen atoms in total. The molecule has 0 saturated carbocycles. The maximum Gasteiger partial charge on any atom is 0.180 e. The van der Waals surface area contributed by atoms with E-state index in [0.717, 1.165) is 0 Å². The molecule has 0 radical (unpaired) electrons. The van der Waals surface area contributed by atoms with Crippen molar-refractivity contribution in [1.82, 2.24) is 4.90 Å². The first-order chi connectivity index (χ1) is 9.26. The van der Waals surface area contributed by atoms with Gasteiger partial charge in [-0.1, -0.05) is 6.92 Å². The predicted molar refractivity (Wildman–Crippen MR) is 75.7 cm³/mol. The largest absolute Gasteiger partial charge is 0.496 e. The first-order valence-electron chi connectivity index (χ1n) is 6.58. The Balaban J connectivity index is 2.87. The number of ether oxygens (including phenoxy) is 1. The highest BCUT2D eigenvalue weighted by Gasteiger charge is 2.21. The van der Waals surface area contributed by atoms with E-state index in [1.54, 1.807) is 13.8 Å². The molecule has 0 aliphatic heterocycles. The van der Waals surface area contributed by atoms with Crippen LogP contribution in [0.25, 0.3) is 0 Å². The fraction of sp³-hybridized carbons (Fsp3) is 0.533. The first kappa shape index (κ1) is 16.6. The van der Waals surface area contributed by atoms with E-state index in [1.807, 2.05) is 11.8 Å². The van der Waals surface area contributed by atoms with Crippen LogP contribution in [0, 0.1) is 5.82 Å². The lowest BCUT2D eigenvalue weighted by atomic mass is 10.1. The van der Waals surface area contributed by atoms with E-state index < -0.39 is 11.4 Å². The molecule has 0 atom stereocenters. The maximum atomic E-state index is 13.3. The Morgan fingerprint density at radius 3 is 2.60 bits per heavy atom. The first-order valence-corrected chi connectivity index (χ1v) is 6.58. The van der Waals surface area contributed by atoms with Crippen LogP contribution >= 0.6 is 0 Å². The van der Waals surface area contributed by atoms with Gasteiger partial charge in [0.05, 0.1) is 24.8 Å². The number of rotatable bonds is 7. The van der Waals surface area contributed by atoms with E-state index in [1.165, 1.54) is 25.3 Å². The molecule has 0 bridgehead atoms. The number of carbonyl (C=O) groups is 1. The second-order valence-corrected chi connectivity index (χ2v) is 5.38. The molecule has 1 rings (SSSR count). The summed E-state index contributed by atoms with van der Waals surface area (Å²) in [6, 6.07) is 3.87. The Bertz CT molecular complexity index is 469. The Morgan fingerprint density at radius 2 is 2.10 bits per heavy atom. The topological polar surface area (TPSA) is 49.8 Å². The van der Waals surface area contributed by atoms with E-state index >= 15 is 0 Å². The van der Waals surface area contributed by atoms with Gasteiger partial charge < -0.3 is 9.84 Å². The van der Waals surface area contributed by atoms with Crippen molar-refractivity contribution >= 4 is 5.78 Å². The van der Waals surface area contributed by atoms with Crippen LogP contribution in [0.2, 0.25) is 0 Å². The average molecular weight is 283 g/mol. The van der Waals surface area contributed by atoms with Gasteiger partial charge in [0.1, 0.15) is 11.6 Å². The maximum absolute atomic E-state index is 13.3. The molecule has 1 aromatic rings. The summed E-state index contributed by atoms with van der Waals surface area (Å²) < 4.78 is 18.4. The van der Waals surface area contributed by atoms with Crippen molar-refractivity contribution in [3.05, 3.63) is 29.6 Å². The van der Waals surface area contributed by atoms with Crippen molar-refractivity contribution in [3.8, 4) is 5.75 Å². The molecular formula is C15H22FNO3. The number of carbonyl (C=O) groups excluding carboxylic acids is 1. The number of methoxy groups -OCH3 is 1. The van der Waals surface area contributed by atoms with Crippen molar-refractivity contribution in [2.75, 3.05) is 26.7 Å². The number of hydrogen-bond donors (Lipinski definition) is 1. The van der Waals surface area contributed by atoms with Gasteiger partial charge >= 0.3 is 0 Å². The summed E-state index contributed by atoms with van der Waals surface area (Å²) in [6.45, 7) is 6.37. The molecular weight excluding hydrogens is 261 g/mol. The SMILES string of the molecule is CCN(CC(=O)c1cc(F)ccc1OC)CC(C)(C)O. The monoisotopic (exact) mass is 283 g/mol. The highest BCUT2D eigenvalue weighted by molar-refractivity contribution is 6.00. The zero-order chi connectivity index (χ0) is 15.3. The number of aliphatic hydroxyl groups is 1. The van der Waals surface area contributed by atoms with Crippen LogP contribution in [-0.2, 0) is 0 Å². The Labute approximate surface area is 119 Å². The van der Waals surface area contributed by atoms with Crippen LogP contribution in [0.1, 0.15) is 31.1 Å². The van der Waals surface area contributed by atoms with Crippen molar-refractivity contribution in [3.63, 3.8) is 0 Å². The van der Waals surface area contributed by atoms with Crippen molar-refractivity contribution in [2.45, 2.75) is 26.4 Å². The van der Waals surface area contributed by atoms with Gasteiger partial charge in [0, 0.05) is 6.54 Å². The minimum absolute atomic E-state index is 0.111. The molecule has 0 saturated heterocycles. The van der Waals surface area contributed by atoms with E-state index in [0.29, 0.717) is 18.8 Å². The Kier molecular flexibility index (Phi) is 5.65. The van der Waals surface area contributed by atoms with Gasteiger partial charge in [-0.05, 0) is 38.6 Å². The lowest BCUT2D eigenvalue weighted by Gasteiger charge is -2.27. The molecule has 5 heteroatoms. The summed E-state index contributed by atoms with van der Waals surface area (Å²) in [7, 11) is 1.44. The summed E-state index contributed by atoms with van der Waals surface area (Å²) in [4.78, 5) is 14.1. The number of halogens is 1. The average Bonchev–Trinajstić information content (AvgIpc) is 2.36. The minimum atomic E-state index is -0.887. The molecule has 0 aromatic heterocycles. The van der Waals surface area contributed by atoms with Gasteiger partial charge in [0.2, 0.25) is 0 Å². The Morgan fingerprint density at radius 1 is 1.45 bits per heavy atom. The second kappa shape index (κ2) is 6.81. The molecule has 20 heavy (non-hydrogen) atoms. The minimum Gasteiger partial charge on any atom is -0.496 e. The molecule has 0 spiro atoms. The number of ketones is 1. The predicted octanol–water partition coefficient (Wildman–Crippen LogP) is 2.11. The second-order valence-electron chi connectivity index (χ2n) is 5.38. The van der Waals surface area contributed by atoms with Crippen LogP contribution in [0.3, 0.4) is 0 Å². The smallest absolute Gasteiger partial charge is 0.180 e. The molecule has 1 N–H and O–H groups in total. The van der Waals surface area contributed by atoms with Crippen LogP contribution in [0.15, 0.2) is 18.2 Å². The van der Waals surface area contributed by atoms with Gasteiger partial charge in [-0.15, -0.1) is 0 Å². The third kappa shape index (κ3) is 4.90. The van der Waals surface area contributed by atoms with Gasteiger partial charge in [0.25, 0.3) is 0 Å². The van der Waals surface area contributed by atoms with E-state index in [-0.39, 0.29) is 17.9 Å². The molecule has 0 heterocycles. The zero-order valence-electron chi connectivity index (χ0n) is 12.4. The van der Waals surface area contributed by atoms with Crippen molar-refractivity contribution in [1.29, 1.82) is 0 Å². The molecule has 0 aliphatic rings. The lowest BCUT2D eigenvalue weighted by Crippen LogP contribution is -2.41. The molecule has 0 fully saturated rings. The number of Topliss-reactive ketones (excluding diaryl/α,β-unsaturated/α-hetero) is 1. The van der Waals surface area contributed by atoms with Gasteiger partial charge in [-0.25, -0.2) is 4.39 Å². The summed E-state index contributed by atoms with van der Waals surface area (Å²) >= 11 is 0. The number of hydrogen-bond acceptors (Lipinski definition) is 4. The fourth-order valence-corrected chi connectivity index (χ4v) is 2.01. The Hall–Kier alpha value is -1.46. The summed E-state index contributed by atoms with van der Waals surface area (Å²) in [5, 5.41) is 9.81. The quantitative estimate of drug-likeness (QED) is 0.779. The number of likely N-dealkylation sites (N-methyl/N-ethyl adjacent to an activating group) is 1. The van der Waals surface area contributed by atoms with Crippen LogP contribution in [-0.4, -0.2) is 48.1 Å². The van der Waals surface area contributed by atoms with Crippen molar-refractivity contribution in [2.24, 2.45) is 0 Å². The van der Waals surface area contributed by atoms with Gasteiger partial charge in [-0.2, -0.15) is 0 Å². The van der Waals surface area contributed by atoms with Crippen LogP contribution < -0.4 is 4.74 Å². The fourth-order valence-electron chi connectivity index (χ4n) is 2.01. The third-order valence-corrected chi connectivity index (χ3v) is 2.89. The summed E-state index contributed by atoms with van der Waals surface area (Å²) in [5.41, 5.74) is -0.663. The highest BCUT2D eigenvalue weighted by atomic mass is 19.1. The standard InChI is InChI=1S/C15H22FNO3/c1-5-17(10-15(2,3)19)9-13(18)12-8-11(16)6-7-14(12)20-4/h6-8,19H,5,9-10H2,1-4H3. The molecule has 1 aromatic carbocycles.